The average Bonchev–Trinajstić information content (AvgIpc) is 2.36. The first-order valence-electron chi connectivity index (χ1n) is 4.38. The van der Waals surface area contributed by atoms with Crippen molar-refractivity contribution in [2.24, 2.45) is 11.7 Å². The summed E-state index contributed by atoms with van der Waals surface area (Å²) in [5.41, 5.74) is 4.85. The predicted molar refractivity (Wildman–Crippen MR) is 47.4 cm³/mol. The monoisotopic (exact) mass is 223 g/mol. The van der Waals surface area contributed by atoms with Crippen LogP contribution in [0.25, 0.3) is 0 Å². The molecule has 3 fully saturated rings. The topological polar surface area (TPSA) is 83.2 Å². The smallest absolute Gasteiger partial charge is 0.339 e. The first kappa shape index (κ1) is 10.7. The minimum Gasteiger partial charge on any atom is -0.339 e. The van der Waals surface area contributed by atoms with Gasteiger partial charge in [-0.1, -0.05) is 13.8 Å². The van der Waals surface area contributed by atoms with Crippen molar-refractivity contribution < 1.29 is 23.4 Å². The summed E-state index contributed by atoms with van der Waals surface area (Å²) in [5.74, 6) is -1.82. The fourth-order valence-electron chi connectivity index (χ4n) is 0.990. The maximum absolute atomic E-state index is 9.83. The maximum Gasteiger partial charge on any atom is 0.344 e. The van der Waals surface area contributed by atoms with Gasteiger partial charge in [-0.05, 0) is 12.8 Å². The number of fused-ring (bicyclic) bond motifs is 1. The Hall–Kier alpha value is 0.190. The molecule has 0 aromatic rings. The van der Waals surface area contributed by atoms with Crippen LogP contribution < -0.4 is 5.73 Å². The van der Waals surface area contributed by atoms with Crippen molar-refractivity contribution in [2.75, 3.05) is 0 Å². The minimum atomic E-state index is -1.85. The highest BCUT2D eigenvalue weighted by atomic mass is 31.2. The van der Waals surface area contributed by atoms with Gasteiger partial charge in [-0.15, -0.1) is 0 Å². The van der Waals surface area contributed by atoms with Crippen molar-refractivity contribution in [3.05, 3.63) is 0 Å². The van der Waals surface area contributed by atoms with E-state index in [0.29, 0.717) is 0 Å². The molecule has 2 bridgehead atoms. The van der Waals surface area contributed by atoms with Crippen LogP contribution in [0.5, 0.6) is 0 Å². The van der Waals surface area contributed by atoms with Gasteiger partial charge in [0.1, 0.15) is 5.72 Å². The van der Waals surface area contributed by atoms with Crippen LogP contribution in [-0.4, -0.2) is 23.1 Å². The zero-order valence-corrected chi connectivity index (χ0v) is 9.15. The Morgan fingerprint density at radius 2 is 2.14 bits per heavy atom. The third kappa shape index (κ3) is 1.57. The van der Waals surface area contributed by atoms with E-state index in [0.717, 1.165) is 0 Å². The lowest BCUT2D eigenvalue weighted by Crippen LogP contribution is -2.55. The predicted octanol–water partition coefficient (Wildman–Crippen LogP) is 0.610. The third-order valence-corrected chi connectivity index (χ3v) is 3.52. The molecule has 0 amide bonds. The number of hydrogen-bond acceptors (Lipinski definition) is 6. The molecule has 6 nitrogen and oxygen atoms in total. The molecule has 7 heteroatoms. The van der Waals surface area contributed by atoms with Crippen LogP contribution in [0.3, 0.4) is 0 Å². The number of hydrogen-bond donors (Lipinski definition) is 2. The summed E-state index contributed by atoms with van der Waals surface area (Å²) in [5, 5.41) is 9.83. The Bertz CT molecular complexity index is 242. The van der Waals surface area contributed by atoms with E-state index in [1.165, 1.54) is 0 Å². The van der Waals surface area contributed by atoms with E-state index in [9.17, 15) is 5.11 Å². The van der Waals surface area contributed by atoms with Crippen molar-refractivity contribution in [1.82, 2.24) is 0 Å². The second-order valence-electron chi connectivity index (χ2n) is 3.93. The average molecular weight is 223 g/mol. The molecule has 0 aromatic heterocycles. The first-order valence-corrected chi connectivity index (χ1v) is 5.47. The van der Waals surface area contributed by atoms with Crippen molar-refractivity contribution in [3.8, 4) is 0 Å². The van der Waals surface area contributed by atoms with Crippen molar-refractivity contribution in [1.29, 1.82) is 0 Å². The molecule has 82 valence electrons. The maximum atomic E-state index is 9.83. The fourth-order valence-corrected chi connectivity index (χ4v) is 2.01. The molecule has 14 heavy (non-hydrogen) atoms. The zero-order valence-electron chi connectivity index (χ0n) is 8.26. The molecule has 0 radical (unpaired) electrons. The van der Waals surface area contributed by atoms with Crippen LogP contribution >= 0.6 is 8.60 Å². The van der Waals surface area contributed by atoms with Gasteiger partial charge in [-0.3, -0.25) is 9.05 Å². The number of ether oxygens (including phenoxy) is 1. The van der Waals surface area contributed by atoms with Gasteiger partial charge >= 0.3 is 14.6 Å². The SMILES string of the molecule is CC(C)C(C)(N)OC1(O)OP2OC1O2. The zero-order chi connectivity index (χ0) is 10.6. The van der Waals surface area contributed by atoms with Gasteiger partial charge in [0.2, 0.25) is 0 Å². The molecule has 3 saturated heterocycles. The minimum absolute atomic E-state index is 0.0284. The Labute approximate surface area is 83.3 Å². The van der Waals surface area contributed by atoms with Gasteiger partial charge in [-0.25, -0.2) is 4.52 Å². The van der Waals surface area contributed by atoms with Gasteiger partial charge in [-0.2, -0.15) is 0 Å². The van der Waals surface area contributed by atoms with E-state index < -0.39 is 26.6 Å². The number of aliphatic hydroxyl groups is 1. The summed E-state index contributed by atoms with van der Waals surface area (Å²) in [6.45, 7) is 5.44. The highest BCUT2D eigenvalue weighted by Gasteiger charge is 2.65. The van der Waals surface area contributed by atoms with Crippen LogP contribution in [0.15, 0.2) is 0 Å². The summed E-state index contributed by atoms with van der Waals surface area (Å²) in [7, 11) is -1.41. The van der Waals surface area contributed by atoms with E-state index in [1.807, 2.05) is 13.8 Å². The molecule has 2 unspecified atom stereocenters. The van der Waals surface area contributed by atoms with E-state index in [4.69, 9.17) is 24.0 Å². The molecule has 2 atom stereocenters. The summed E-state index contributed by atoms with van der Waals surface area (Å²) < 4.78 is 20.2. The van der Waals surface area contributed by atoms with E-state index in [-0.39, 0.29) is 5.92 Å². The van der Waals surface area contributed by atoms with Crippen LogP contribution in [0.2, 0.25) is 0 Å². The summed E-state index contributed by atoms with van der Waals surface area (Å²) in [6.07, 6.45) is -0.866. The Morgan fingerprint density at radius 1 is 1.57 bits per heavy atom. The molecule has 3 N–H and O–H groups in total. The molecule has 3 rings (SSSR count). The lowest BCUT2D eigenvalue weighted by Gasteiger charge is -2.35. The second-order valence-corrected chi connectivity index (χ2v) is 4.98. The van der Waals surface area contributed by atoms with E-state index in [1.54, 1.807) is 6.92 Å². The quantitative estimate of drug-likeness (QED) is 0.538. The van der Waals surface area contributed by atoms with E-state index in [2.05, 4.69) is 0 Å². The number of nitrogens with two attached hydrogens (primary N) is 1. The van der Waals surface area contributed by atoms with Gasteiger partial charge in [0.15, 0.2) is 0 Å². The standard InChI is InChI=1S/C7H14NO5P/c1-4(2)6(3,8)12-7(9)5-10-14(11-5)13-7/h4-5,9H,8H2,1-3H3. The second kappa shape index (κ2) is 3.09. The molecule has 0 aliphatic carbocycles. The van der Waals surface area contributed by atoms with Crippen LogP contribution in [-0.2, 0) is 18.3 Å². The van der Waals surface area contributed by atoms with Gasteiger partial charge in [0.25, 0.3) is 6.29 Å². The fraction of sp³-hybridized carbons (Fsp3) is 1.00. The van der Waals surface area contributed by atoms with Crippen molar-refractivity contribution >= 4 is 8.60 Å². The molecule has 3 aliphatic heterocycles. The summed E-state index contributed by atoms with van der Waals surface area (Å²) in [6, 6.07) is 0. The molecule has 0 aromatic carbocycles. The van der Waals surface area contributed by atoms with Gasteiger partial charge in [0.05, 0.1) is 0 Å². The van der Waals surface area contributed by atoms with E-state index >= 15 is 0 Å². The largest absolute Gasteiger partial charge is 0.344 e. The van der Waals surface area contributed by atoms with Crippen LogP contribution in [0.1, 0.15) is 20.8 Å². The Balaban J connectivity index is 2.03. The molecule has 3 aliphatic rings. The Morgan fingerprint density at radius 3 is 2.50 bits per heavy atom. The van der Waals surface area contributed by atoms with Crippen LogP contribution in [0, 0.1) is 5.92 Å². The Kier molecular flexibility index (Phi) is 2.36. The molecular formula is C7H14NO5P. The van der Waals surface area contributed by atoms with Gasteiger partial charge < -0.3 is 15.6 Å². The molecule has 0 spiro atoms. The normalized spacial score (nSPS) is 45.0. The van der Waals surface area contributed by atoms with Crippen molar-refractivity contribution in [2.45, 2.75) is 38.8 Å². The molecule has 0 saturated carbocycles. The third-order valence-electron chi connectivity index (χ3n) is 2.38. The highest BCUT2D eigenvalue weighted by molar-refractivity contribution is 7.43. The first-order chi connectivity index (χ1) is 6.33. The lowest BCUT2D eigenvalue weighted by molar-refractivity contribution is -0.387. The van der Waals surface area contributed by atoms with Crippen LogP contribution in [0.4, 0.5) is 0 Å². The molecular weight excluding hydrogens is 209 g/mol. The summed E-state index contributed by atoms with van der Waals surface area (Å²) in [4.78, 5) is 0. The highest BCUT2D eigenvalue weighted by Crippen LogP contribution is 2.65. The summed E-state index contributed by atoms with van der Waals surface area (Å²) >= 11 is 0. The lowest BCUT2D eigenvalue weighted by atomic mass is 10.0. The number of rotatable bonds is 3. The van der Waals surface area contributed by atoms with Gasteiger partial charge in [0, 0.05) is 0 Å². The molecule has 3 heterocycles. The van der Waals surface area contributed by atoms with Crippen molar-refractivity contribution in [3.63, 3.8) is 0 Å².